The highest BCUT2D eigenvalue weighted by molar-refractivity contribution is 6.05. The van der Waals surface area contributed by atoms with Crippen LogP contribution in [0.25, 0.3) is 0 Å². The number of benzene rings is 1. The second-order valence-electron chi connectivity index (χ2n) is 4.54. The van der Waals surface area contributed by atoms with Gasteiger partial charge < -0.3 is 10.4 Å². The number of hydrogen-bond acceptors (Lipinski definition) is 3. The van der Waals surface area contributed by atoms with Gasteiger partial charge in [0.25, 0.3) is 5.91 Å². The molecule has 0 bridgehead atoms. The molecule has 0 unspecified atom stereocenters. The van der Waals surface area contributed by atoms with Crippen LogP contribution in [0.2, 0.25) is 0 Å². The minimum Gasteiger partial charge on any atom is -0.375 e. The third kappa shape index (κ3) is 1.88. The van der Waals surface area contributed by atoms with Gasteiger partial charge in [0.2, 0.25) is 0 Å². The van der Waals surface area contributed by atoms with Crippen LogP contribution in [0.15, 0.2) is 42.7 Å². The fourth-order valence-electron chi connectivity index (χ4n) is 2.29. The molecule has 0 saturated carbocycles. The molecule has 19 heavy (non-hydrogen) atoms. The normalized spacial score (nSPS) is 21.1. The Bertz CT molecular complexity index is 645. The van der Waals surface area contributed by atoms with Gasteiger partial charge in [-0.25, -0.2) is 4.39 Å². The smallest absolute Gasteiger partial charge is 0.261 e. The number of halogens is 1. The Morgan fingerprint density at radius 3 is 2.74 bits per heavy atom. The summed E-state index contributed by atoms with van der Waals surface area (Å²) in [4.78, 5) is 15.8. The van der Waals surface area contributed by atoms with Crippen molar-refractivity contribution in [2.75, 3.05) is 5.32 Å². The van der Waals surface area contributed by atoms with Crippen molar-refractivity contribution in [2.24, 2.45) is 0 Å². The lowest BCUT2D eigenvalue weighted by Crippen LogP contribution is -2.36. The fraction of sp³-hybridized carbons (Fsp3) is 0.143. The Hall–Kier alpha value is -2.27. The molecular formula is C14H11FN2O2. The molecule has 0 fully saturated rings. The first-order chi connectivity index (χ1) is 9.09. The van der Waals surface area contributed by atoms with Crippen molar-refractivity contribution < 1.29 is 14.3 Å². The molecule has 1 aliphatic rings. The quantitative estimate of drug-likeness (QED) is 0.860. The monoisotopic (exact) mass is 258 g/mol. The maximum atomic E-state index is 13.3. The van der Waals surface area contributed by atoms with Crippen molar-refractivity contribution in [1.82, 2.24) is 4.98 Å². The fourth-order valence-corrected chi connectivity index (χ4v) is 2.29. The number of carbonyl (C=O) groups is 1. The lowest BCUT2D eigenvalue weighted by atomic mass is 9.89. The van der Waals surface area contributed by atoms with E-state index in [1.165, 1.54) is 18.2 Å². The van der Waals surface area contributed by atoms with Gasteiger partial charge in [0.1, 0.15) is 5.82 Å². The second-order valence-corrected chi connectivity index (χ2v) is 4.54. The molecule has 1 aromatic heterocycles. The van der Waals surface area contributed by atoms with Gasteiger partial charge in [0.15, 0.2) is 5.60 Å². The summed E-state index contributed by atoms with van der Waals surface area (Å²) >= 11 is 0. The van der Waals surface area contributed by atoms with Crippen molar-refractivity contribution in [2.45, 2.75) is 12.0 Å². The van der Waals surface area contributed by atoms with Gasteiger partial charge in [-0.2, -0.15) is 0 Å². The van der Waals surface area contributed by atoms with Crippen LogP contribution in [-0.4, -0.2) is 16.0 Å². The average Bonchev–Trinajstić information content (AvgIpc) is 2.64. The topological polar surface area (TPSA) is 62.2 Å². The molecule has 4 nitrogen and oxygen atoms in total. The van der Waals surface area contributed by atoms with Crippen LogP contribution in [-0.2, 0) is 16.8 Å². The summed E-state index contributed by atoms with van der Waals surface area (Å²) in [6.07, 6.45) is 3.24. The molecule has 1 aliphatic heterocycles. The van der Waals surface area contributed by atoms with Crippen LogP contribution >= 0.6 is 0 Å². The van der Waals surface area contributed by atoms with Gasteiger partial charge in [0, 0.05) is 30.1 Å². The van der Waals surface area contributed by atoms with E-state index in [1.54, 1.807) is 24.5 Å². The number of nitrogens with zero attached hydrogens (tertiary/aromatic N) is 1. The number of hydrogen-bond donors (Lipinski definition) is 2. The zero-order chi connectivity index (χ0) is 13.5. The Morgan fingerprint density at radius 1 is 1.26 bits per heavy atom. The number of carbonyl (C=O) groups excluding carboxylic acids is 1. The van der Waals surface area contributed by atoms with E-state index in [0.29, 0.717) is 5.69 Å². The Balaban J connectivity index is 2.04. The van der Waals surface area contributed by atoms with E-state index in [2.05, 4.69) is 10.3 Å². The summed E-state index contributed by atoms with van der Waals surface area (Å²) in [5, 5.41) is 13.2. The molecule has 1 atom stereocenters. The number of pyridine rings is 1. The molecule has 0 radical (unpaired) electrons. The molecule has 0 spiro atoms. The number of anilines is 1. The highest BCUT2D eigenvalue weighted by atomic mass is 19.1. The van der Waals surface area contributed by atoms with Crippen molar-refractivity contribution >= 4 is 11.6 Å². The first-order valence-corrected chi connectivity index (χ1v) is 5.82. The minimum atomic E-state index is -1.74. The number of fused-ring (bicyclic) bond motifs is 1. The summed E-state index contributed by atoms with van der Waals surface area (Å²) in [6.45, 7) is 0. The van der Waals surface area contributed by atoms with E-state index in [-0.39, 0.29) is 12.0 Å². The third-order valence-corrected chi connectivity index (χ3v) is 3.26. The Morgan fingerprint density at radius 2 is 2.00 bits per heavy atom. The van der Waals surface area contributed by atoms with Gasteiger partial charge in [-0.3, -0.25) is 9.78 Å². The minimum absolute atomic E-state index is 0.0812. The molecule has 96 valence electrons. The van der Waals surface area contributed by atoms with E-state index >= 15 is 0 Å². The summed E-state index contributed by atoms with van der Waals surface area (Å²) in [7, 11) is 0. The van der Waals surface area contributed by atoms with E-state index in [4.69, 9.17) is 0 Å². The van der Waals surface area contributed by atoms with E-state index in [1.807, 2.05) is 0 Å². The number of amides is 1. The summed E-state index contributed by atoms with van der Waals surface area (Å²) in [5.41, 5.74) is -0.263. The Kier molecular flexibility index (Phi) is 2.57. The number of rotatable bonds is 2. The van der Waals surface area contributed by atoms with Gasteiger partial charge in [-0.15, -0.1) is 0 Å². The largest absolute Gasteiger partial charge is 0.375 e. The third-order valence-electron chi connectivity index (χ3n) is 3.26. The number of aliphatic hydroxyl groups is 1. The molecule has 5 heteroatoms. The number of aromatic nitrogens is 1. The second kappa shape index (κ2) is 4.13. The molecule has 1 amide bonds. The maximum Gasteiger partial charge on any atom is 0.261 e. The van der Waals surface area contributed by atoms with Crippen molar-refractivity contribution in [3.8, 4) is 0 Å². The van der Waals surface area contributed by atoms with E-state index < -0.39 is 17.3 Å². The standard InChI is InChI=1S/C14H11FN2O2/c15-10-1-2-12-11(7-10)14(19,13(18)17-12)8-9-3-5-16-6-4-9/h1-7,19H,8H2,(H,17,18)/t14-/m1/s1. The molecule has 0 aliphatic carbocycles. The SMILES string of the molecule is O=C1Nc2ccc(F)cc2[C@]1(O)Cc1ccncc1. The van der Waals surface area contributed by atoms with Gasteiger partial charge in [-0.05, 0) is 35.9 Å². The first-order valence-electron chi connectivity index (χ1n) is 5.82. The van der Waals surface area contributed by atoms with Gasteiger partial charge in [-0.1, -0.05) is 0 Å². The highest BCUT2D eigenvalue weighted by Gasteiger charge is 2.45. The predicted octanol–water partition coefficient (Wildman–Crippen LogP) is 1.60. The van der Waals surface area contributed by atoms with Gasteiger partial charge >= 0.3 is 0 Å². The molecule has 0 saturated heterocycles. The predicted molar refractivity (Wildman–Crippen MR) is 66.9 cm³/mol. The zero-order valence-electron chi connectivity index (χ0n) is 9.93. The maximum absolute atomic E-state index is 13.3. The van der Waals surface area contributed by atoms with Crippen LogP contribution in [0.3, 0.4) is 0 Å². The molecule has 1 aromatic carbocycles. The Labute approximate surface area is 108 Å². The lowest BCUT2D eigenvalue weighted by molar-refractivity contribution is -0.133. The van der Waals surface area contributed by atoms with Crippen molar-refractivity contribution in [1.29, 1.82) is 0 Å². The summed E-state index contributed by atoms with van der Waals surface area (Å²) in [5.74, 6) is -1.02. The summed E-state index contributed by atoms with van der Waals surface area (Å²) in [6, 6.07) is 7.31. The molecule has 2 aromatic rings. The lowest BCUT2D eigenvalue weighted by Gasteiger charge is -2.20. The van der Waals surface area contributed by atoms with Crippen LogP contribution < -0.4 is 5.32 Å². The van der Waals surface area contributed by atoms with Crippen LogP contribution in [0.5, 0.6) is 0 Å². The average molecular weight is 258 g/mol. The van der Waals surface area contributed by atoms with Crippen LogP contribution in [0.1, 0.15) is 11.1 Å². The van der Waals surface area contributed by atoms with Crippen LogP contribution in [0, 0.1) is 5.82 Å². The van der Waals surface area contributed by atoms with Crippen molar-refractivity contribution in [3.63, 3.8) is 0 Å². The zero-order valence-corrected chi connectivity index (χ0v) is 9.93. The van der Waals surface area contributed by atoms with E-state index in [0.717, 1.165) is 5.56 Å². The molecule has 2 N–H and O–H groups in total. The van der Waals surface area contributed by atoms with Gasteiger partial charge in [0.05, 0.1) is 0 Å². The first kappa shape index (κ1) is 11.8. The number of nitrogens with one attached hydrogen (secondary N) is 1. The van der Waals surface area contributed by atoms with E-state index in [9.17, 15) is 14.3 Å². The molecule has 2 heterocycles. The van der Waals surface area contributed by atoms with Crippen molar-refractivity contribution in [3.05, 3.63) is 59.7 Å². The summed E-state index contributed by atoms with van der Waals surface area (Å²) < 4.78 is 13.3. The molecule has 3 rings (SSSR count). The highest BCUT2D eigenvalue weighted by Crippen LogP contribution is 2.38. The molecular weight excluding hydrogens is 247 g/mol. The van der Waals surface area contributed by atoms with Crippen LogP contribution in [0.4, 0.5) is 10.1 Å².